The van der Waals surface area contributed by atoms with Crippen LogP contribution in [0.25, 0.3) is 33.6 Å². The minimum absolute atomic E-state index is 0. The second-order valence-corrected chi connectivity index (χ2v) is 22.9. The van der Waals surface area contributed by atoms with Crippen molar-refractivity contribution in [3.8, 4) is 33.6 Å². The Morgan fingerprint density at radius 1 is 0.554 bits per heavy atom. The first kappa shape index (κ1) is 39.0. The molecule has 0 fully saturated rings. The van der Waals surface area contributed by atoms with Crippen LogP contribution in [0.15, 0.2) is 194 Å². The smallest absolute Gasteiger partial charge is 0.136 e. The van der Waals surface area contributed by atoms with E-state index in [-0.39, 0.29) is 20.1 Å². The molecule has 9 rings (SSSR count). The molecular formula is C51H44IrN2Si2-2. The molecule has 0 spiro atoms. The van der Waals surface area contributed by atoms with Gasteiger partial charge in [-0.15, -0.1) is 64.8 Å². The van der Waals surface area contributed by atoms with Crippen molar-refractivity contribution in [2.45, 2.75) is 26.4 Å². The van der Waals surface area contributed by atoms with E-state index in [1.54, 1.807) is 6.20 Å². The maximum absolute atomic E-state index is 5.10. The summed E-state index contributed by atoms with van der Waals surface area (Å²) in [5.41, 5.74) is 6.70. The van der Waals surface area contributed by atoms with Crippen molar-refractivity contribution in [3.63, 3.8) is 0 Å². The number of fused-ring (bicyclic) bond motifs is 3. The monoisotopic (exact) mass is 933 g/mol. The number of pyridine rings is 2. The molecule has 0 amide bonds. The van der Waals surface area contributed by atoms with Crippen LogP contribution in [-0.2, 0) is 20.1 Å². The van der Waals surface area contributed by atoms with Gasteiger partial charge in [0.25, 0.3) is 0 Å². The van der Waals surface area contributed by atoms with Crippen LogP contribution in [-0.4, -0.2) is 26.1 Å². The number of benzene rings is 6. The van der Waals surface area contributed by atoms with Gasteiger partial charge in [0.2, 0.25) is 0 Å². The summed E-state index contributed by atoms with van der Waals surface area (Å²) >= 11 is 0. The summed E-state index contributed by atoms with van der Waals surface area (Å²) < 4.78 is 0. The van der Waals surface area contributed by atoms with Crippen LogP contribution in [0.3, 0.4) is 0 Å². The maximum atomic E-state index is 5.10. The predicted molar refractivity (Wildman–Crippen MR) is 237 cm³/mol. The summed E-state index contributed by atoms with van der Waals surface area (Å²) in [6, 6.07) is 73.3. The molecule has 1 atom stereocenters. The normalized spacial score (nSPS) is 13.3. The van der Waals surface area contributed by atoms with E-state index in [2.05, 4.69) is 183 Å². The Labute approximate surface area is 347 Å². The van der Waals surface area contributed by atoms with Gasteiger partial charge in [-0.2, -0.15) is 0 Å². The van der Waals surface area contributed by atoms with Gasteiger partial charge in [-0.05, 0) is 45.4 Å². The molecule has 2 nitrogen and oxygen atoms in total. The van der Waals surface area contributed by atoms with E-state index in [9.17, 15) is 0 Å². The topological polar surface area (TPSA) is 25.8 Å². The van der Waals surface area contributed by atoms with Gasteiger partial charge >= 0.3 is 0 Å². The Hall–Kier alpha value is -5.30. The maximum Gasteiger partial charge on any atom is 0.136 e. The molecule has 1 aliphatic heterocycles. The summed E-state index contributed by atoms with van der Waals surface area (Å²) in [6.07, 6.45) is 3.94. The van der Waals surface area contributed by atoms with Gasteiger partial charge in [-0.3, -0.25) is 0 Å². The third-order valence-corrected chi connectivity index (χ3v) is 20.6. The van der Waals surface area contributed by atoms with Crippen LogP contribution in [0, 0.1) is 18.1 Å². The van der Waals surface area contributed by atoms with Gasteiger partial charge in [-0.25, -0.2) is 0 Å². The molecule has 8 aromatic rings. The first-order valence-electron chi connectivity index (χ1n) is 19.2. The van der Waals surface area contributed by atoms with Crippen molar-refractivity contribution < 1.29 is 20.1 Å². The van der Waals surface area contributed by atoms with E-state index in [0.717, 1.165) is 22.5 Å². The van der Waals surface area contributed by atoms with E-state index < -0.39 is 16.1 Å². The number of hydrogen-bond acceptors (Lipinski definition) is 2. The Kier molecular flexibility index (Phi) is 12.0. The second kappa shape index (κ2) is 17.2. The van der Waals surface area contributed by atoms with E-state index in [4.69, 9.17) is 4.98 Å². The second-order valence-electron chi connectivity index (χ2n) is 14.9. The van der Waals surface area contributed by atoms with E-state index in [0.29, 0.717) is 5.92 Å². The Morgan fingerprint density at radius 3 is 1.79 bits per heavy atom. The molecule has 56 heavy (non-hydrogen) atoms. The molecule has 0 N–H and O–H groups in total. The third kappa shape index (κ3) is 7.48. The van der Waals surface area contributed by atoms with E-state index in [1.807, 2.05) is 42.5 Å². The van der Waals surface area contributed by atoms with Crippen molar-refractivity contribution in [1.29, 1.82) is 0 Å². The SMILES string of the molecule is CC(C)C[Si](C)(c1ccccc1)c1ccc(-c2[c-]cc3c(c2)-c2ccccc2[Si]3(c2ccccc2)c2ccccc2)nc1.[Ir].[c-]1ccccc1-c1ccccn1. The summed E-state index contributed by atoms with van der Waals surface area (Å²) in [6.45, 7) is 7.16. The first-order valence-corrected chi connectivity index (χ1v) is 23.9. The molecule has 0 bridgehead atoms. The summed E-state index contributed by atoms with van der Waals surface area (Å²) in [7, 11) is -4.40. The fourth-order valence-corrected chi connectivity index (χ4v) is 17.8. The van der Waals surface area contributed by atoms with Gasteiger partial charge in [0, 0.05) is 32.5 Å². The summed E-state index contributed by atoms with van der Waals surface area (Å²) in [4.78, 5) is 9.31. The molecule has 2 aromatic heterocycles. The van der Waals surface area contributed by atoms with Gasteiger partial charge in [0.15, 0.2) is 0 Å². The molecule has 0 saturated carbocycles. The minimum atomic E-state index is -2.48. The fourth-order valence-electron chi connectivity index (χ4n) is 8.51. The molecule has 1 radical (unpaired) electrons. The number of nitrogens with zero attached hydrogens (tertiary/aromatic N) is 2. The molecular weight excluding hydrogens is 889 g/mol. The zero-order valence-corrected chi connectivity index (χ0v) is 36.4. The minimum Gasteiger partial charge on any atom is -0.305 e. The summed E-state index contributed by atoms with van der Waals surface area (Å²) in [5, 5.41) is 8.55. The average molecular weight is 933 g/mol. The molecule has 5 heteroatoms. The summed E-state index contributed by atoms with van der Waals surface area (Å²) in [5.74, 6) is 0.625. The molecule has 0 aliphatic carbocycles. The van der Waals surface area contributed by atoms with Crippen molar-refractivity contribution in [3.05, 3.63) is 207 Å². The standard InChI is InChI=1S/C40H36NSi2.C11H8N.Ir/c1-30(2)29-42(3,32-15-7-4-8-16-32)35-24-25-38(41-28-35)31-23-26-40-37(27-31)36-21-13-14-22-39(36)43(40,33-17-9-5-10-18-33)34-19-11-6-12-20-34;1-2-6-10(7-3-1)11-8-4-5-9-12-11;/h4-22,24-28,30H,29H2,1-3H3;1-6,8-9H;/q2*-1;. The molecule has 277 valence electrons. The van der Waals surface area contributed by atoms with Crippen LogP contribution in [0.1, 0.15) is 13.8 Å². The van der Waals surface area contributed by atoms with Crippen LogP contribution in [0.5, 0.6) is 0 Å². The zero-order chi connectivity index (χ0) is 37.7. The van der Waals surface area contributed by atoms with Gasteiger partial charge in [0.1, 0.15) is 16.1 Å². The zero-order valence-electron chi connectivity index (χ0n) is 32.0. The van der Waals surface area contributed by atoms with Crippen LogP contribution >= 0.6 is 0 Å². The van der Waals surface area contributed by atoms with Crippen LogP contribution < -0.4 is 31.1 Å². The van der Waals surface area contributed by atoms with Gasteiger partial charge in [-0.1, -0.05) is 181 Å². The average Bonchev–Trinajstić information content (AvgIpc) is 3.56. The largest absolute Gasteiger partial charge is 0.305 e. The van der Waals surface area contributed by atoms with Crippen LogP contribution in [0.2, 0.25) is 12.6 Å². The van der Waals surface area contributed by atoms with Crippen molar-refractivity contribution in [2.24, 2.45) is 5.92 Å². The number of aromatic nitrogens is 2. The van der Waals surface area contributed by atoms with Crippen LogP contribution in [0.4, 0.5) is 0 Å². The fraction of sp³-hybridized carbons (Fsp3) is 0.0980. The molecule has 1 aliphatic rings. The quantitative estimate of drug-likeness (QED) is 0.113. The molecule has 6 aromatic carbocycles. The van der Waals surface area contributed by atoms with Gasteiger partial charge < -0.3 is 9.97 Å². The predicted octanol–water partition coefficient (Wildman–Crippen LogP) is 8.30. The Morgan fingerprint density at radius 2 is 1.18 bits per heavy atom. The van der Waals surface area contributed by atoms with E-state index >= 15 is 0 Å². The third-order valence-electron chi connectivity index (χ3n) is 10.9. The van der Waals surface area contributed by atoms with Gasteiger partial charge in [0.05, 0.1) is 0 Å². The molecule has 1 unspecified atom stereocenters. The number of hydrogen-bond donors (Lipinski definition) is 0. The molecule has 0 saturated heterocycles. The van der Waals surface area contributed by atoms with Crippen molar-refractivity contribution in [2.75, 3.05) is 0 Å². The van der Waals surface area contributed by atoms with Crippen molar-refractivity contribution >= 4 is 47.3 Å². The Bertz CT molecular complexity index is 2400. The number of rotatable bonds is 8. The van der Waals surface area contributed by atoms with E-state index in [1.165, 1.54) is 48.3 Å². The Balaban J connectivity index is 0.000000315. The van der Waals surface area contributed by atoms with Crippen molar-refractivity contribution in [1.82, 2.24) is 9.97 Å². The molecule has 3 heterocycles. The first-order chi connectivity index (χ1) is 27.0.